The van der Waals surface area contributed by atoms with Crippen molar-refractivity contribution in [1.82, 2.24) is 4.98 Å². The summed E-state index contributed by atoms with van der Waals surface area (Å²) in [6.07, 6.45) is 0. The topological polar surface area (TPSA) is 34.2 Å². The molecule has 100 valence electrons. The number of hydrogen-bond acceptors (Lipinski definition) is 3. The average molecular weight is 264 g/mol. The molecular formula is C17H16N2O. The number of fused-ring (bicyclic) bond motifs is 1. The van der Waals surface area contributed by atoms with Crippen LogP contribution in [0.1, 0.15) is 5.69 Å². The van der Waals surface area contributed by atoms with Crippen LogP contribution in [0.5, 0.6) is 11.5 Å². The zero-order valence-corrected chi connectivity index (χ0v) is 11.6. The molecule has 1 N–H and O–H groups in total. The molecule has 0 saturated carbocycles. The quantitative estimate of drug-likeness (QED) is 0.762. The van der Waals surface area contributed by atoms with E-state index < -0.39 is 0 Å². The van der Waals surface area contributed by atoms with Crippen LogP contribution in [0.3, 0.4) is 0 Å². The number of ether oxygens (including phenoxy) is 1. The Hall–Kier alpha value is -2.55. The van der Waals surface area contributed by atoms with E-state index >= 15 is 0 Å². The first-order chi connectivity index (χ1) is 9.76. The van der Waals surface area contributed by atoms with Gasteiger partial charge in [0.05, 0.1) is 5.52 Å². The monoisotopic (exact) mass is 264 g/mol. The van der Waals surface area contributed by atoms with Crippen LogP contribution < -0.4 is 10.1 Å². The largest absolute Gasteiger partial charge is 0.457 e. The number of pyridine rings is 1. The molecule has 0 spiro atoms. The maximum absolute atomic E-state index is 5.86. The molecule has 0 fully saturated rings. The molecule has 1 heterocycles. The number of aryl methyl sites for hydroxylation is 1. The normalized spacial score (nSPS) is 10.5. The van der Waals surface area contributed by atoms with Crippen molar-refractivity contribution >= 4 is 16.6 Å². The number of hydrogen-bond donors (Lipinski definition) is 1. The van der Waals surface area contributed by atoms with Crippen molar-refractivity contribution in [3.8, 4) is 11.5 Å². The van der Waals surface area contributed by atoms with Gasteiger partial charge >= 0.3 is 0 Å². The van der Waals surface area contributed by atoms with E-state index in [0.29, 0.717) is 0 Å². The summed E-state index contributed by atoms with van der Waals surface area (Å²) in [6, 6.07) is 17.8. The van der Waals surface area contributed by atoms with Gasteiger partial charge in [-0.3, -0.25) is 4.98 Å². The number of anilines is 1. The Balaban J connectivity index is 2.04. The van der Waals surface area contributed by atoms with Crippen molar-refractivity contribution in [2.24, 2.45) is 0 Å². The SMILES string of the molecule is CNc1cc(C)nc2ccc(Oc3ccccc3)cc12. The second kappa shape index (κ2) is 5.21. The van der Waals surface area contributed by atoms with Crippen LogP contribution in [0.2, 0.25) is 0 Å². The Morgan fingerprint density at radius 1 is 0.950 bits per heavy atom. The maximum Gasteiger partial charge on any atom is 0.128 e. The van der Waals surface area contributed by atoms with Crippen molar-refractivity contribution in [1.29, 1.82) is 0 Å². The van der Waals surface area contributed by atoms with E-state index in [2.05, 4.69) is 10.3 Å². The zero-order chi connectivity index (χ0) is 13.9. The van der Waals surface area contributed by atoms with Crippen LogP contribution >= 0.6 is 0 Å². The van der Waals surface area contributed by atoms with Crippen molar-refractivity contribution in [2.75, 3.05) is 12.4 Å². The van der Waals surface area contributed by atoms with E-state index in [1.807, 2.05) is 68.6 Å². The first kappa shape index (κ1) is 12.5. The third kappa shape index (κ3) is 2.43. The fourth-order valence-corrected chi connectivity index (χ4v) is 2.23. The molecule has 0 bridgehead atoms. The number of aromatic nitrogens is 1. The molecule has 0 saturated heterocycles. The second-order valence-electron chi connectivity index (χ2n) is 4.66. The molecule has 0 aliphatic heterocycles. The molecule has 3 heteroatoms. The lowest BCUT2D eigenvalue weighted by Gasteiger charge is -2.10. The van der Waals surface area contributed by atoms with E-state index in [4.69, 9.17) is 4.74 Å². The smallest absolute Gasteiger partial charge is 0.128 e. The van der Waals surface area contributed by atoms with Gasteiger partial charge in [0.2, 0.25) is 0 Å². The Labute approximate surface area is 118 Å². The molecule has 0 aliphatic rings. The van der Waals surface area contributed by atoms with E-state index in [-0.39, 0.29) is 0 Å². The molecule has 0 aliphatic carbocycles. The van der Waals surface area contributed by atoms with E-state index in [0.717, 1.165) is 33.8 Å². The van der Waals surface area contributed by atoms with E-state index in [1.54, 1.807) is 0 Å². The molecule has 3 aromatic rings. The summed E-state index contributed by atoms with van der Waals surface area (Å²) in [5, 5.41) is 4.27. The fraction of sp³-hybridized carbons (Fsp3) is 0.118. The Morgan fingerprint density at radius 2 is 1.75 bits per heavy atom. The van der Waals surface area contributed by atoms with E-state index in [1.165, 1.54) is 0 Å². The number of nitrogens with one attached hydrogen (secondary N) is 1. The summed E-state index contributed by atoms with van der Waals surface area (Å²) in [4.78, 5) is 4.54. The van der Waals surface area contributed by atoms with Crippen molar-refractivity contribution < 1.29 is 4.74 Å². The fourth-order valence-electron chi connectivity index (χ4n) is 2.23. The predicted octanol–water partition coefficient (Wildman–Crippen LogP) is 4.38. The standard InChI is InChI=1S/C17H16N2O/c1-12-10-17(18-2)15-11-14(8-9-16(15)19-12)20-13-6-4-3-5-7-13/h3-11H,1-2H3,(H,18,19). The second-order valence-corrected chi connectivity index (χ2v) is 4.66. The maximum atomic E-state index is 5.86. The molecule has 0 radical (unpaired) electrons. The van der Waals surface area contributed by atoms with Gasteiger partial charge in [0.25, 0.3) is 0 Å². The van der Waals surface area contributed by atoms with Crippen LogP contribution in [0.4, 0.5) is 5.69 Å². The summed E-state index contributed by atoms with van der Waals surface area (Å²) in [6.45, 7) is 1.99. The molecule has 0 amide bonds. The Kier molecular flexibility index (Phi) is 3.25. The summed E-state index contributed by atoms with van der Waals surface area (Å²) in [7, 11) is 1.92. The van der Waals surface area contributed by atoms with Gasteiger partial charge in [0.1, 0.15) is 11.5 Å². The van der Waals surface area contributed by atoms with Gasteiger partial charge in [-0.2, -0.15) is 0 Å². The third-order valence-electron chi connectivity index (χ3n) is 3.16. The highest BCUT2D eigenvalue weighted by Crippen LogP contribution is 2.29. The molecule has 0 unspecified atom stereocenters. The third-order valence-corrected chi connectivity index (χ3v) is 3.16. The van der Waals surface area contributed by atoms with Crippen molar-refractivity contribution in [3.63, 3.8) is 0 Å². The van der Waals surface area contributed by atoms with Gasteiger partial charge in [-0.25, -0.2) is 0 Å². The summed E-state index contributed by atoms with van der Waals surface area (Å²) in [5.41, 5.74) is 3.03. The average Bonchev–Trinajstić information content (AvgIpc) is 2.48. The minimum atomic E-state index is 0.811. The van der Waals surface area contributed by atoms with Gasteiger partial charge in [-0.15, -0.1) is 0 Å². The molecule has 3 rings (SSSR count). The molecule has 3 nitrogen and oxygen atoms in total. The van der Waals surface area contributed by atoms with Crippen LogP contribution in [0.25, 0.3) is 10.9 Å². The molecule has 1 aromatic heterocycles. The van der Waals surface area contributed by atoms with Crippen molar-refractivity contribution in [2.45, 2.75) is 6.92 Å². The first-order valence-corrected chi connectivity index (χ1v) is 6.58. The van der Waals surface area contributed by atoms with Gasteiger partial charge in [-0.05, 0) is 43.3 Å². The first-order valence-electron chi connectivity index (χ1n) is 6.58. The number of para-hydroxylation sites is 1. The lowest BCUT2D eigenvalue weighted by Crippen LogP contribution is -1.94. The van der Waals surface area contributed by atoms with Gasteiger partial charge < -0.3 is 10.1 Å². The number of rotatable bonds is 3. The number of benzene rings is 2. The van der Waals surface area contributed by atoms with Crippen LogP contribution in [0, 0.1) is 6.92 Å². The van der Waals surface area contributed by atoms with Gasteiger partial charge in [-0.1, -0.05) is 18.2 Å². The van der Waals surface area contributed by atoms with Crippen molar-refractivity contribution in [3.05, 3.63) is 60.3 Å². The van der Waals surface area contributed by atoms with Crippen LogP contribution in [0.15, 0.2) is 54.6 Å². The number of nitrogens with zero attached hydrogens (tertiary/aromatic N) is 1. The Bertz CT molecular complexity index is 739. The van der Waals surface area contributed by atoms with Gasteiger partial charge in [0, 0.05) is 23.8 Å². The lowest BCUT2D eigenvalue weighted by atomic mass is 10.1. The summed E-state index contributed by atoms with van der Waals surface area (Å²) in [5.74, 6) is 1.64. The molecule has 2 aromatic carbocycles. The minimum Gasteiger partial charge on any atom is -0.457 e. The molecular weight excluding hydrogens is 248 g/mol. The minimum absolute atomic E-state index is 0.811. The summed E-state index contributed by atoms with van der Waals surface area (Å²) < 4.78 is 5.86. The molecule has 20 heavy (non-hydrogen) atoms. The zero-order valence-electron chi connectivity index (χ0n) is 11.6. The predicted molar refractivity (Wildman–Crippen MR) is 82.5 cm³/mol. The highest BCUT2D eigenvalue weighted by Gasteiger charge is 2.05. The highest BCUT2D eigenvalue weighted by molar-refractivity contribution is 5.92. The van der Waals surface area contributed by atoms with E-state index in [9.17, 15) is 0 Å². The van der Waals surface area contributed by atoms with Gasteiger partial charge in [0.15, 0.2) is 0 Å². The molecule has 0 atom stereocenters. The van der Waals surface area contributed by atoms with Crippen LogP contribution in [-0.2, 0) is 0 Å². The van der Waals surface area contributed by atoms with Crippen LogP contribution in [-0.4, -0.2) is 12.0 Å². The Morgan fingerprint density at radius 3 is 2.50 bits per heavy atom. The summed E-state index contributed by atoms with van der Waals surface area (Å²) >= 11 is 0. The lowest BCUT2D eigenvalue weighted by molar-refractivity contribution is 0.483. The highest BCUT2D eigenvalue weighted by atomic mass is 16.5.